The molecule has 0 bridgehead atoms. The van der Waals surface area contributed by atoms with Crippen LogP contribution in [0.1, 0.15) is 18.9 Å². The first-order valence-electron chi connectivity index (χ1n) is 5.66. The first-order chi connectivity index (χ1) is 8.18. The Bertz CT molecular complexity index is 419. The van der Waals surface area contributed by atoms with Crippen LogP contribution in [0.2, 0.25) is 0 Å². The van der Waals surface area contributed by atoms with Gasteiger partial charge in [0.25, 0.3) is 0 Å². The summed E-state index contributed by atoms with van der Waals surface area (Å²) < 4.78 is 4.99. The molecule has 3 nitrogen and oxygen atoms in total. The van der Waals surface area contributed by atoms with Gasteiger partial charge in [0.15, 0.2) is 0 Å². The van der Waals surface area contributed by atoms with Crippen molar-refractivity contribution >= 4 is 23.2 Å². The molecule has 0 radical (unpaired) electrons. The SMILES string of the molecule is CC(=S)N(Cc1ccccc1)[C@H]1CCOC1=O. The number of hydrogen-bond acceptors (Lipinski definition) is 3. The Morgan fingerprint density at radius 2 is 2.18 bits per heavy atom. The summed E-state index contributed by atoms with van der Waals surface area (Å²) in [6.45, 7) is 3.01. The van der Waals surface area contributed by atoms with Crippen LogP contribution >= 0.6 is 12.2 Å². The van der Waals surface area contributed by atoms with Crippen LogP contribution in [-0.4, -0.2) is 28.5 Å². The summed E-state index contributed by atoms with van der Waals surface area (Å²) in [6, 6.07) is 9.80. The van der Waals surface area contributed by atoms with Crippen molar-refractivity contribution in [1.82, 2.24) is 4.90 Å². The molecule has 0 unspecified atom stereocenters. The lowest BCUT2D eigenvalue weighted by Gasteiger charge is -2.27. The number of rotatable bonds is 3. The fourth-order valence-corrected chi connectivity index (χ4v) is 2.18. The van der Waals surface area contributed by atoms with E-state index in [0.29, 0.717) is 13.2 Å². The number of ether oxygens (including phenoxy) is 1. The van der Waals surface area contributed by atoms with Gasteiger partial charge in [-0.2, -0.15) is 0 Å². The lowest BCUT2D eigenvalue weighted by molar-refractivity contribution is -0.141. The highest BCUT2D eigenvalue weighted by atomic mass is 32.1. The van der Waals surface area contributed by atoms with Gasteiger partial charge in [0.2, 0.25) is 0 Å². The van der Waals surface area contributed by atoms with Gasteiger partial charge in [-0.15, -0.1) is 0 Å². The maximum absolute atomic E-state index is 11.6. The van der Waals surface area contributed by atoms with E-state index in [1.54, 1.807) is 0 Å². The van der Waals surface area contributed by atoms with Crippen molar-refractivity contribution in [3.05, 3.63) is 35.9 Å². The molecule has 1 aromatic rings. The van der Waals surface area contributed by atoms with Crippen LogP contribution in [0.4, 0.5) is 0 Å². The maximum atomic E-state index is 11.6. The largest absolute Gasteiger partial charge is 0.464 e. The number of benzene rings is 1. The van der Waals surface area contributed by atoms with Gasteiger partial charge in [-0.05, 0) is 12.5 Å². The zero-order valence-corrected chi connectivity index (χ0v) is 10.6. The van der Waals surface area contributed by atoms with Crippen LogP contribution in [0.15, 0.2) is 30.3 Å². The fraction of sp³-hybridized carbons (Fsp3) is 0.385. The summed E-state index contributed by atoms with van der Waals surface area (Å²) in [5, 5.41) is 0. The summed E-state index contributed by atoms with van der Waals surface area (Å²) in [7, 11) is 0. The summed E-state index contributed by atoms with van der Waals surface area (Å²) in [5.74, 6) is -0.162. The van der Waals surface area contributed by atoms with Crippen LogP contribution in [0.5, 0.6) is 0 Å². The van der Waals surface area contributed by atoms with Crippen molar-refractivity contribution in [2.45, 2.75) is 25.9 Å². The van der Waals surface area contributed by atoms with Crippen LogP contribution in [0.3, 0.4) is 0 Å². The van der Waals surface area contributed by atoms with E-state index in [0.717, 1.165) is 17.0 Å². The van der Waals surface area contributed by atoms with Crippen LogP contribution in [0, 0.1) is 0 Å². The van der Waals surface area contributed by atoms with E-state index in [9.17, 15) is 4.79 Å². The van der Waals surface area contributed by atoms with Crippen molar-refractivity contribution in [2.24, 2.45) is 0 Å². The molecule has 0 amide bonds. The lowest BCUT2D eigenvalue weighted by atomic mass is 10.1. The quantitative estimate of drug-likeness (QED) is 0.606. The van der Waals surface area contributed by atoms with E-state index in [1.165, 1.54) is 0 Å². The van der Waals surface area contributed by atoms with E-state index in [4.69, 9.17) is 17.0 Å². The highest BCUT2D eigenvalue weighted by molar-refractivity contribution is 7.80. The number of hydrogen-bond donors (Lipinski definition) is 0. The zero-order chi connectivity index (χ0) is 12.3. The summed E-state index contributed by atoms with van der Waals surface area (Å²) in [5.41, 5.74) is 1.15. The number of carbonyl (C=O) groups excluding carboxylic acids is 1. The van der Waals surface area contributed by atoms with Crippen molar-refractivity contribution in [3.63, 3.8) is 0 Å². The molecule has 0 spiro atoms. The number of thiocarbonyl (C=S) groups is 1. The van der Waals surface area contributed by atoms with E-state index in [-0.39, 0.29) is 12.0 Å². The first-order valence-corrected chi connectivity index (χ1v) is 6.07. The van der Waals surface area contributed by atoms with Crippen LogP contribution in [0.25, 0.3) is 0 Å². The van der Waals surface area contributed by atoms with Gasteiger partial charge in [-0.25, -0.2) is 4.79 Å². The third kappa shape index (κ3) is 2.82. The predicted octanol–water partition coefficient (Wildman–Crippen LogP) is 2.15. The molecule has 1 fully saturated rings. The topological polar surface area (TPSA) is 29.5 Å². The molecule has 0 N–H and O–H groups in total. The van der Waals surface area contributed by atoms with E-state index in [2.05, 4.69) is 0 Å². The normalized spacial score (nSPS) is 18.9. The summed E-state index contributed by atoms with van der Waals surface area (Å²) in [6.07, 6.45) is 0.722. The van der Waals surface area contributed by atoms with Gasteiger partial charge in [-0.3, -0.25) is 0 Å². The minimum absolute atomic E-state index is 0.162. The average molecular weight is 249 g/mol. The highest BCUT2D eigenvalue weighted by Crippen LogP contribution is 2.18. The van der Waals surface area contributed by atoms with Crippen molar-refractivity contribution in [2.75, 3.05) is 6.61 Å². The summed E-state index contributed by atoms with van der Waals surface area (Å²) >= 11 is 5.22. The number of cyclic esters (lactones) is 1. The van der Waals surface area contributed by atoms with Crippen molar-refractivity contribution < 1.29 is 9.53 Å². The predicted molar refractivity (Wildman–Crippen MR) is 69.6 cm³/mol. The highest BCUT2D eigenvalue weighted by Gasteiger charge is 2.32. The monoisotopic (exact) mass is 249 g/mol. The Balaban J connectivity index is 2.13. The molecule has 0 saturated carbocycles. The molecule has 2 rings (SSSR count). The Hall–Kier alpha value is -1.42. The van der Waals surface area contributed by atoms with Gasteiger partial charge in [-0.1, -0.05) is 42.5 Å². The van der Waals surface area contributed by atoms with Gasteiger partial charge in [0.05, 0.1) is 11.6 Å². The smallest absolute Gasteiger partial charge is 0.328 e. The number of esters is 1. The Morgan fingerprint density at radius 1 is 1.47 bits per heavy atom. The van der Waals surface area contributed by atoms with E-state index in [1.807, 2.05) is 42.2 Å². The van der Waals surface area contributed by atoms with Gasteiger partial charge >= 0.3 is 5.97 Å². The molecule has 0 aromatic heterocycles. The molecular formula is C13H15NO2S. The van der Waals surface area contributed by atoms with Crippen molar-refractivity contribution in [3.8, 4) is 0 Å². The molecule has 0 aliphatic carbocycles. The molecule has 90 valence electrons. The fourth-order valence-electron chi connectivity index (χ4n) is 1.99. The standard InChI is InChI=1S/C13H15NO2S/c1-10(17)14(12-7-8-16-13(12)15)9-11-5-3-2-4-6-11/h2-6,12H,7-9H2,1H3/t12-/m0/s1. The van der Waals surface area contributed by atoms with Crippen LogP contribution in [-0.2, 0) is 16.1 Å². The third-order valence-corrected chi connectivity index (χ3v) is 3.12. The van der Waals surface area contributed by atoms with Gasteiger partial charge in [0.1, 0.15) is 6.04 Å². The first kappa shape index (κ1) is 12.0. The average Bonchev–Trinajstić information content (AvgIpc) is 2.73. The maximum Gasteiger partial charge on any atom is 0.328 e. The molecule has 4 heteroatoms. The van der Waals surface area contributed by atoms with Crippen molar-refractivity contribution in [1.29, 1.82) is 0 Å². The Labute approximate surface area is 106 Å². The molecule has 1 aliphatic heterocycles. The lowest BCUT2D eigenvalue weighted by Crippen LogP contribution is -2.40. The Morgan fingerprint density at radius 3 is 2.71 bits per heavy atom. The number of carbonyl (C=O) groups is 1. The van der Waals surface area contributed by atoms with E-state index >= 15 is 0 Å². The van der Waals surface area contributed by atoms with Gasteiger partial charge in [0, 0.05) is 13.0 Å². The second-order valence-electron chi connectivity index (χ2n) is 4.10. The molecule has 1 atom stereocenters. The second-order valence-corrected chi connectivity index (χ2v) is 4.70. The molecule has 1 heterocycles. The molecule has 1 aromatic carbocycles. The zero-order valence-electron chi connectivity index (χ0n) is 9.76. The van der Waals surface area contributed by atoms with E-state index < -0.39 is 0 Å². The minimum atomic E-state index is -0.215. The third-order valence-electron chi connectivity index (χ3n) is 2.88. The molecule has 1 saturated heterocycles. The minimum Gasteiger partial charge on any atom is -0.464 e. The molecular weight excluding hydrogens is 234 g/mol. The molecule has 1 aliphatic rings. The second kappa shape index (κ2) is 5.27. The van der Waals surface area contributed by atoms with Gasteiger partial charge < -0.3 is 9.64 Å². The Kier molecular flexibility index (Phi) is 3.74. The molecule has 17 heavy (non-hydrogen) atoms. The van der Waals surface area contributed by atoms with Crippen LogP contribution < -0.4 is 0 Å². The number of nitrogens with zero attached hydrogens (tertiary/aromatic N) is 1. The summed E-state index contributed by atoms with van der Waals surface area (Å²) in [4.78, 5) is 14.3.